The fourth-order valence-electron chi connectivity index (χ4n) is 2.60. The Morgan fingerprint density at radius 3 is 2.44 bits per heavy atom. The number of thiophene rings is 1. The molecule has 1 aromatic heterocycles. The number of carbonyl (C=O) groups excluding carboxylic acids is 1. The van der Waals surface area contributed by atoms with Gasteiger partial charge in [-0.05, 0) is 65.5 Å². The maximum atomic E-state index is 13.0. The van der Waals surface area contributed by atoms with Crippen LogP contribution in [0, 0.1) is 0 Å². The molecule has 4 N–H and O–H groups in total. The molecule has 2 aromatic rings. The summed E-state index contributed by atoms with van der Waals surface area (Å²) >= 11 is 5.08. The summed E-state index contributed by atoms with van der Waals surface area (Å²) in [6.45, 7) is 1.08. The second-order valence-corrected chi connectivity index (χ2v) is 8.76. The van der Waals surface area contributed by atoms with Gasteiger partial charge >= 0.3 is 0 Å². The Balaban J connectivity index is 1.88. The minimum atomic E-state index is -3.14. The molecule has 2 atom stereocenters. The number of nitrogens with one attached hydrogen (secondary N) is 2. The van der Waals surface area contributed by atoms with Crippen molar-refractivity contribution in [2.75, 3.05) is 6.54 Å². The van der Waals surface area contributed by atoms with Gasteiger partial charge in [0, 0.05) is 4.88 Å². The highest BCUT2D eigenvalue weighted by atomic mass is 79.9. The van der Waals surface area contributed by atoms with E-state index in [1.807, 2.05) is 36.4 Å². The first kappa shape index (κ1) is 21.9. The summed E-state index contributed by atoms with van der Waals surface area (Å²) in [6, 6.07) is 10.4. The zero-order chi connectivity index (χ0) is 20.0. The summed E-state index contributed by atoms with van der Waals surface area (Å²) in [6.07, 6.45) is -1.90. The molecule has 1 aromatic carbocycles. The average molecular weight is 463 g/mol. The van der Waals surface area contributed by atoms with E-state index in [1.165, 1.54) is 5.48 Å². The molecular formula is C18H21BrF2N2O3S. The zero-order valence-corrected chi connectivity index (χ0v) is 17.0. The predicted octanol–water partition coefficient (Wildman–Crippen LogP) is 3.59. The average Bonchev–Trinajstić information content (AvgIpc) is 3.07. The zero-order valence-electron chi connectivity index (χ0n) is 14.6. The molecule has 2 rings (SSSR count). The minimum absolute atomic E-state index is 0.223. The van der Waals surface area contributed by atoms with Crippen molar-refractivity contribution in [1.82, 2.24) is 10.8 Å². The topological polar surface area (TPSA) is 81.6 Å². The van der Waals surface area contributed by atoms with Crippen molar-refractivity contribution in [1.29, 1.82) is 0 Å². The van der Waals surface area contributed by atoms with Gasteiger partial charge in [0.2, 0.25) is 0 Å². The normalized spacial score (nSPS) is 14.8. The van der Waals surface area contributed by atoms with E-state index in [2.05, 4.69) is 21.2 Å². The van der Waals surface area contributed by atoms with Crippen LogP contribution < -0.4 is 10.8 Å². The van der Waals surface area contributed by atoms with E-state index < -0.39 is 24.0 Å². The highest BCUT2D eigenvalue weighted by Gasteiger charge is 2.44. The lowest BCUT2D eigenvalue weighted by Gasteiger charge is -2.31. The number of halogens is 3. The van der Waals surface area contributed by atoms with Crippen molar-refractivity contribution in [3.8, 4) is 10.4 Å². The molecule has 9 heteroatoms. The molecule has 148 valence electrons. The van der Waals surface area contributed by atoms with Gasteiger partial charge in [0.1, 0.15) is 11.6 Å². The van der Waals surface area contributed by atoms with Gasteiger partial charge in [-0.3, -0.25) is 10.0 Å². The van der Waals surface area contributed by atoms with Crippen molar-refractivity contribution in [3.05, 3.63) is 45.7 Å². The number of aryl methyl sites for hydroxylation is 1. The molecule has 0 radical (unpaired) electrons. The summed E-state index contributed by atoms with van der Waals surface area (Å²) in [5.41, 5.74) is 0.898. The van der Waals surface area contributed by atoms with E-state index in [1.54, 1.807) is 11.3 Å². The maximum Gasteiger partial charge on any atom is 0.268 e. The quantitative estimate of drug-likeness (QED) is 0.260. The molecule has 5 nitrogen and oxygen atoms in total. The number of hydrogen-bond acceptors (Lipinski definition) is 5. The number of hydrogen-bond donors (Lipinski definition) is 4. The van der Waals surface area contributed by atoms with Gasteiger partial charge in [-0.2, -0.15) is 0 Å². The smallest absolute Gasteiger partial charge is 0.268 e. The lowest BCUT2D eigenvalue weighted by Crippen LogP contribution is -2.60. The highest BCUT2D eigenvalue weighted by molar-refractivity contribution is 9.11. The van der Waals surface area contributed by atoms with Crippen LogP contribution >= 0.6 is 27.3 Å². The summed E-state index contributed by atoms with van der Waals surface area (Å²) in [5, 5.41) is 21.1. The van der Waals surface area contributed by atoms with E-state index in [9.17, 15) is 18.7 Å². The monoisotopic (exact) mass is 462 g/mol. The van der Waals surface area contributed by atoms with E-state index >= 15 is 0 Å². The minimum Gasteiger partial charge on any atom is -0.382 e. The summed E-state index contributed by atoms with van der Waals surface area (Å²) < 4.78 is 27.0. The van der Waals surface area contributed by atoms with Crippen molar-refractivity contribution in [3.63, 3.8) is 0 Å². The third-order valence-electron chi connectivity index (χ3n) is 4.20. The van der Waals surface area contributed by atoms with Crippen molar-refractivity contribution < 1.29 is 23.9 Å². The molecule has 0 bridgehead atoms. The number of hydroxylamine groups is 1. The van der Waals surface area contributed by atoms with Crippen LogP contribution in [0.2, 0.25) is 0 Å². The molecule has 0 fully saturated rings. The van der Waals surface area contributed by atoms with Crippen LogP contribution in [0.25, 0.3) is 10.4 Å². The van der Waals surface area contributed by atoms with Crippen molar-refractivity contribution >= 4 is 33.2 Å². The molecule has 0 spiro atoms. The van der Waals surface area contributed by atoms with Gasteiger partial charge < -0.3 is 10.4 Å². The summed E-state index contributed by atoms with van der Waals surface area (Å²) in [4.78, 5) is 12.7. The predicted molar refractivity (Wildman–Crippen MR) is 104 cm³/mol. The molecule has 0 aliphatic carbocycles. The van der Waals surface area contributed by atoms with Gasteiger partial charge in [0.25, 0.3) is 12.3 Å². The third-order valence-corrected chi connectivity index (χ3v) is 5.87. The van der Waals surface area contributed by atoms with Gasteiger partial charge in [-0.1, -0.05) is 24.3 Å². The molecule has 1 heterocycles. The Morgan fingerprint density at radius 2 is 1.93 bits per heavy atom. The molecule has 0 saturated carbocycles. The SMILES string of the molecule is C[C@@](O)(C(F)F)[C@H](NCCCc1ccc(-c2ccc(Br)s2)cc1)C(=O)NO. The molecule has 0 aliphatic heterocycles. The second-order valence-electron chi connectivity index (χ2n) is 6.29. The molecular weight excluding hydrogens is 442 g/mol. The Hall–Kier alpha value is -1.39. The van der Waals surface area contributed by atoms with Crippen LogP contribution in [0.5, 0.6) is 0 Å². The van der Waals surface area contributed by atoms with Gasteiger partial charge in [-0.25, -0.2) is 14.3 Å². The number of benzene rings is 1. The van der Waals surface area contributed by atoms with Gasteiger partial charge in [-0.15, -0.1) is 11.3 Å². The standard InChI is InChI=1S/C18H21BrF2N2O3S/c1-18(25,17(20)21)15(16(24)23-26)22-10-2-3-11-4-6-12(7-5-11)13-8-9-14(19)27-13/h4-9,15,17,22,25-26H,2-3,10H2,1H3,(H,23,24)/t15-,18+/m1/s1. The van der Waals surface area contributed by atoms with Crippen molar-refractivity contribution in [2.45, 2.75) is 37.8 Å². The van der Waals surface area contributed by atoms with Crippen LogP contribution in [0.4, 0.5) is 8.78 Å². The first-order valence-corrected chi connectivity index (χ1v) is 9.89. The number of aliphatic hydroxyl groups is 1. The molecule has 0 aliphatic rings. The Bertz CT molecular complexity index is 753. The summed E-state index contributed by atoms with van der Waals surface area (Å²) in [5.74, 6) is -1.10. The Kier molecular flexibility index (Phi) is 7.87. The highest BCUT2D eigenvalue weighted by Crippen LogP contribution is 2.31. The van der Waals surface area contributed by atoms with E-state index in [-0.39, 0.29) is 6.54 Å². The largest absolute Gasteiger partial charge is 0.382 e. The molecule has 0 saturated heterocycles. The number of alkyl halides is 2. The Morgan fingerprint density at radius 1 is 1.26 bits per heavy atom. The number of amides is 1. The Labute approximate surface area is 168 Å². The van der Waals surface area contributed by atoms with E-state index in [0.29, 0.717) is 12.8 Å². The van der Waals surface area contributed by atoms with Crippen LogP contribution in [-0.2, 0) is 11.2 Å². The van der Waals surface area contributed by atoms with Crippen LogP contribution in [-0.4, -0.2) is 40.8 Å². The van der Waals surface area contributed by atoms with Crippen LogP contribution in [0.1, 0.15) is 18.9 Å². The van der Waals surface area contributed by atoms with Gasteiger partial charge in [0.05, 0.1) is 3.79 Å². The van der Waals surface area contributed by atoms with E-state index in [0.717, 1.165) is 26.7 Å². The molecule has 1 amide bonds. The molecule has 27 heavy (non-hydrogen) atoms. The second kappa shape index (κ2) is 9.70. The fraction of sp³-hybridized carbons (Fsp3) is 0.389. The first-order valence-electron chi connectivity index (χ1n) is 8.28. The van der Waals surface area contributed by atoms with E-state index in [4.69, 9.17) is 5.21 Å². The lowest BCUT2D eigenvalue weighted by molar-refractivity contribution is -0.150. The van der Waals surface area contributed by atoms with Crippen LogP contribution in [0.15, 0.2) is 40.2 Å². The van der Waals surface area contributed by atoms with Crippen LogP contribution in [0.3, 0.4) is 0 Å². The maximum absolute atomic E-state index is 13.0. The molecule has 0 unspecified atom stereocenters. The third kappa shape index (κ3) is 5.79. The lowest BCUT2D eigenvalue weighted by atomic mass is 9.96. The van der Waals surface area contributed by atoms with Gasteiger partial charge in [0.15, 0.2) is 0 Å². The fourth-order valence-corrected chi connectivity index (χ4v) is 3.99. The van der Waals surface area contributed by atoms with Crippen molar-refractivity contribution in [2.24, 2.45) is 0 Å². The summed E-state index contributed by atoms with van der Waals surface area (Å²) in [7, 11) is 0. The number of rotatable bonds is 9. The number of carbonyl (C=O) groups is 1. The first-order chi connectivity index (χ1) is 12.8.